The summed E-state index contributed by atoms with van der Waals surface area (Å²) in [5, 5.41) is 18.6. The summed E-state index contributed by atoms with van der Waals surface area (Å²) in [7, 11) is 0. The number of hydrogen-bond donors (Lipinski definition) is 0. The Morgan fingerprint density at radius 1 is 1.67 bits per heavy atom. The van der Waals surface area contributed by atoms with Gasteiger partial charge in [-0.1, -0.05) is 11.3 Å². The fourth-order valence-corrected chi connectivity index (χ4v) is 2.53. The van der Waals surface area contributed by atoms with Crippen molar-refractivity contribution < 1.29 is 9.13 Å². The van der Waals surface area contributed by atoms with Crippen LogP contribution >= 0.6 is 11.3 Å². The molecule has 0 aromatic carbocycles. The van der Waals surface area contributed by atoms with Crippen LogP contribution < -0.4 is 0 Å². The van der Waals surface area contributed by atoms with Crippen molar-refractivity contribution in [3.63, 3.8) is 0 Å². The van der Waals surface area contributed by atoms with Crippen molar-refractivity contribution in [1.29, 1.82) is 0 Å². The standard InChI is InChI=1S/C8H7N5O3S2/c1-2-12-5(13(14)15)3-9-7(12)6(18-16)8-11-10-4-17-8/h3-4H,2H2,1H3. The van der Waals surface area contributed by atoms with Crippen molar-refractivity contribution in [2.45, 2.75) is 13.5 Å². The van der Waals surface area contributed by atoms with Crippen LogP contribution in [0.5, 0.6) is 0 Å². The van der Waals surface area contributed by atoms with Gasteiger partial charge in [0, 0.05) is 0 Å². The summed E-state index contributed by atoms with van der Waals surface area (Å²) in [4.78, 5) is 14.5. The average molecular weight is 285 g/mol. The Balaban J connectivity index is 2.58. The molecule has 10 heteroatoms. The van der Waals surface area contributed by atoms with Crippen molar-refractivity contribution in [3.05, 3.63) is 32.7 Å². The first-order chi connectivity index (χ1) is 8.69. The second kappa shape index (κ2) is 5.14. The minimum Gasteiger partial charge on any atom is -0.358 e. The molecule has 2 rings (SSSR count). The van der Waals surface area contributed by atoms with Gasteiger partial charge < -0.3 is 10.1 Å². The van der Waals surface area contributed by atoms with Crippen LogP contribution in [0.1, 0.15) is 17.8 Å². The van der Waals surface area contributed by atoms with Crippen LogP contribution in [0.2, 0.25) is 0 Å². The van der Waals surface area contributed by atoms with E-state index in [4.69, 9.17) is 0 Å². The third-order valence-corrected chi connectivity index (χ3v) is 3.56. The van der Waals surface area contributed by atoms with Crippen LogP contribution in [-0.4, -0.2) is 33.7 Å². The summed E-state index contributed by atoms with van der Waals surface area (Å²) < 4.78 is 12.5. The maximum atomic E-state index is 11.2. The lowest BCUT2D eigenvalue weighted by atomic mass is 10.4. The summed E-state index contributed by atoms with van der Waals surface area (Å²) in [6, 6.07) is 0. The van der Waals surface area contributed by atoms with Crippen LogP contribution in [0.15, 0.2) is 11.7 Å². The number of nitro groups is 1. The summed E-state index contributed by atoms with van der Waals surface area (Å²) >= 11 is 1.39. The fraction of sp³-hybridized carbons (Fsp3) is 0.250. The van der Waals surface area contributed by atoms with Gasteiger partial charge in [0.05, 0.1) is 6.54 Å². The highest BCUT2D eigenvalue weighted by molar-refractivity contribution is 7.68. The number of hydrogen-bond acceptors (Lipinski definition) is 7. The van der Waals surface area contributed by atoms with E-state index in [-0.39, 0.29) is 27.8 Å². The van der Waals surface area contributed by atoms with Crippen LogP contribution in [0.4, 0.5) is 5.82 Å². The molecule has 18 heavy (non-hydrogen) atoms. The van der Waals surface area contributed by atoms with Crippen molar-refractivity contribution in [1.82, 2.24) is 19.7 Å². The highest BCUT2D eigenvalue weighted by Gasteiger charge is 2.25. The van der Waals surface area contributed by atoms with Gasteiger partial charge in [-0.3, -0.25) is 0 Å². The molecular weight excluding hydrogens is 278 g/mol. The van der Waals surface area contributed by atoms with Crippen molar-refractivity contribution in [2.24, 2.45) is 0 Å². The van der Waals surface area contributed by atoms with Gasteiger partial charge >= 0.3 is 5.82 Å². The molecule has 0 N–H and O–H groups in total. The molecule has 0 aliphatic carbocycles. The second-order valence-electron chi connectivity index (χ2n) is 3.10. The molecular formula is C8H7N5O3S2. The Labute approximate surface area is 109 Å². The molecule has 0 saturated heterocycles. The molecule has 8 nitrogen and oxygen atoms in total. The molecule has 0 aliphatic rings. The number of nitrogens with zero attached hydrogens (tertiary/aromatic N) is 5. The topological polar surface area (TPSA) is 104 Å². The van der Waals surface area contributed by atoms with Gasteiger partial charge in [-0.25, -0.2) is 13.8 Å². The maximum absolute atomic E-state index is 11.2. The Kier molecular flexibility index (Phi) is 3.58. The van der Waals surface area contributed by atoms with E-state index in [0.29, 0.717) is 11.6 Å². The predicted molar refractivity (Wildman–Crippen MR) is 65.8 cm³/mol. The van der Waals surface area contributed by atoms with Gasteiger partial charge in [0.1, 0.15) is 23.0 Å². The van der Waals surface area contributed by atoms with E-state index in [9.17, 15) is 14.3 Å². The Hall–Kier alpha value is -1.94. The van der Waals surface area contributed by atoms with Crippen LogP contribution in [0.3, 0.4) is 0 Å². The molecule has 0 fully saturated rings. The highest BCUT2D eigenvalue weighted by Crippen LogP contribution is 2.17. The van der Waals surface area contributed by atoms with Gasteiger partial charge in [-0.05, 0) is 11.8 Å². The van der Waals surface area contributed by atoms with E-state index in [1.807, 2.05) is 0 Å². The Bertz CT molecular complexity index is 629. The predicted octanol–water partition coefficient (Wildman–Crippen LogP) is 0.444. The average Bonchev–Trinajstić information content (AvgIpc) is 2.98. The SMILES string of the molecule is CCn1c([N+](=O)[O-])cnc1C(=S=O)c1nncs1. The molecule has 0 aliphatic heterocycles. The normalized spacial score (nSPS) is 10.3. The zero-order valence-electron chi connectivity index (χ0n) is 9.14. The first-order valence-corrected chi connectivity index (χ1v) is 6.44. The molecule has 0 saturated carbocycles. The first-order valence-electron chi connectivity index (χ1n) is 4.82. The number of rotatable bonds is 4. The van der Waals surface area contributed by atoms with Crippen LogP contribution in [0.25, 0.3) is 0 Å². The molecule has 94 valence electrons. The zero-order chi connectivity index (χ0) is 13.1. The van der Waals surface area contributed by atoms with Crippen molar-refractivity contribution >= 4 is 33.3 Å². The van der Waals surface area contributed by atoms with Crippen molar-refractivity contribution in [2.75, 3.05) is 0 Å². The quantitative estimate of drug-likeness (QED) is 0.349. The molecule has 2 aromatic rings. The largest absolute Gasteiger partial charge is 0.358 e. The van der Waals surface area contributed by atoms with Gasteiger partial charge in [0.25, 0.3) is 0 Å². The minimum absolute atomic E-state index is 0.149. The lowest BCUT2D eigenvalue weighted by molar-refractivity contribution is -0.392. The van der Waals surface area contributed by atoms with Crippen molar-refractivity contribution in [3.8, 4) is 0 Å². The molecule has 0 spiro atoms. The summed E-state index contributed by atoms with van der Waals surface area (Å²) in [6.45, 7) is 2.08. The number of aromatic nitrogens is 4. The van der Waals surface area contributed by atoms with Crippen LogP contribution in [-0.2, 0) is 17.8 Å². The maximum Gasteiger partial charge on any atom is 0.343 e. The highest BCUT2D eigenvalue weighted by atomic mass is 32.1. The third kappa shape index (κ3) is 2.07. The lowest BCUT2D eigenvalue weighted by Crippen LogP contribution is -2.13. The van der Waals surface area contributed by atoms with Gasteiger partial charge in [-0.2, -0.15) is 0 Å². The van der Waals surface area contributed by atoms with Crippen LogP contribution in [0, 0.1) is 10.1 Å². The fourth-order valence-electron chi connectivity index (χ4n) is 1.45. The molecule has 0 unspecified atom stereocenters. The lowest BCUT2D eigenvalue weighted by Gasteiger charge is -2.00. The molecule has 2 heterocycles. The summed E-state index contributed by atoms with van der Waals surface area (Å²) in [5.41, 5.74) is 1.49. The first kappa shape index (κ1) is 12.5. The Morgan fingerprint density at radius 2 is 2.44 bits per heavy atom. The minimum atomic E-state index is -0.535. The zero-order valence-corrected chi connectivity index (χ0v) is 10.8. The van der Waals surface area contributed by atoms with E-state index >= 15 is 0 Å². The Morgan fingerprint density at radius 3 is 2.94 bits per heavy atom. The number of imidazole rings is 1. The molecule has 0 bridgehead atoms. The van der Waals surface area contributed by atoms with E-state index in [1.54, 1.807) is 6.92 Å². The smallest absolute Gasteiger partial charge is 0.343 e. The molecule has 2 aromatic heterocycles. The summed E-state index contributed by atoms with van der Waals surface area (Å²) in [6.07, 6.45) is 1.14. The van der Waals surface area contributed by atoms with Gasteiger partial charge in [0.15, 0.2) is 9.87 Å². The summed E-state index contributed by atoms with van der Waals surface area (Å²) in [5.74, 6) is 0.101. The van der Waals surface area contributed by atoms with E-state index in [0.717, 1.165) is 6.20 Å². The molecule has 0 amide bonds. The molecule has 0 radical (unpaired) electrons. The second-order valence-corrected chi connectivity index (χ2v) is 4.51. The monoisotopic (exact) mass is 285 g/mol. The van der Waals surface area contributed by atoms with E-state index in [2.05, 4.69) is 15.2 Å². The van der Waals surface area contributed by atoms with Gasteiger partial charge in [0.2, 0.25) is 5.82 Å². The molecule has 0 atom stereocenters. The van der Waals surface area contributed by atoms with Gasteiger partial charge in [-0.15, -0.1) is 10.2 Å². The van der Waals surface area contributed by atoms with E-state index in [1.165, 1.54) is 21.4 Å². The van der Waals surface area contributed by atoms with E-state index < -0.39 is 4.92 Å². The third-order valence-electron chi connectivity index (χ3n) is 2.18.